The highest BCUT2D eigenvalue weighted by Gasteiger charge is 2.00. The maximum absolute atomic E-state index is 11.2. The molecule has 1 aromatic rings. The van der Waals surface area contributed by atoms with Crippen LogP contribution in [0, 0.1) is 0 Å². The number of carbonyl (C=O) groups excluding carboxylic acids is 1. The summed E-state index contributed by atoms with van der Waals surface area (Å²) < 4.78 is 4.68. The third-order valence-electron chi connectivity index (χ3n) is 1.82. The molecule has 0 fully saturated rings. The van der Waals surface area contributed by atoms with Gasteiger partial charge in [0, 0.05) is 12.8 Å². The minimum atomic E-state index is -0.340. The predicted octanol–water partition coefficient (Wildman–Crippen LogP) is 1.40. The normalized spacial score (nSPS) is 9.88. The van der Waals surface area contributed by atoms with E-state index >= 15 is 0 Å². The lowest BCUT2D eigenvalue weighted by Crippen LogP contribution is -2.30. The van der Waals surface area contributed by atoms with Gasteiger partial charge in [0.2, 0.25) is 0 Å². The number of anilines is 1. The number of hydrogen-bond acceptors (Lipinski definition) is 4. The van der Waals surface area contributed by atoms with Crippen molar-refractivity contribution in [1.29, 1.82) is 0 Å². The summed E-state index contributed by atoms with van der Waals surface area (Å²) >= 11 is 0. The van der Waals surface area contributed by atoms with Crippen molar-refractivity contribution in [2.75, 3.05) is 19.2 Å². The molecule has 0 aromatic heterocycles. The van der Waals surface area contributed by atoms with Crippen LogP contribution in [0.1, 0.15) is 5.56 Å². The van der Waals surface area contributed by atoms with E-state index in [9.17, 15) is 4.79 Å². The van der Waals surface area contributed by atoms with Crippen molar-refractivity contribution in [2.45, 2.75) is 6.61 Å². The Balaban J connectivity index is 2.45. The first kappa shape index (κ1) is 12.4. The van der Waals surface area contributed by atoms with Gasteiger partial charge in [-0.3, -0.25) is 5.26 Å². The number of hydrogen-bond donors (Lipinski definition) is 3. The number of urea groups is 1. The molecule has 0 saturated heterocycles. The second kappa shape index (κ2) is 6.78. The summed E-state index contributed by atoms with van der Waals surface area (Å²) in [5, 5.41) is 13.3. The zero-order valence-electron chi connectivity index (χ0n) is 8.90. The number of ether oxygens (including phenoxy) is 1. The maximum atomic E-state index is 11.2. The molecule has 0 unspecified atom stereocenters. The molecule has 1 aromatic carbocycles. The van der Waals surface area contributed by atoms with Crippen molar-refractivity contribution >= 4 is 11.7 Å². The molecule has 6 nitrogen and oxygen atoms in total. The van der Waals surface area contributed by atoms with Crippen LogP contribution < -0.4 is 10.6 Å². The largest absolute Gasteiger partial charge is 0.364 e. The first-order chi connectivity index (χ1) is 7.76. The van der Waals surface area contributed by atoms with Gasteiger partial charge in [0.15, 0.2) is 0 Å². The third kappa shape index (κ3) is 4.26. The lowest BCUT2D eigenvalue weighted by molar-refractivity contribution is -0.253. The van der Waals surface area contributed by atoms with Crippen LogP contribution in [0.25, 0.3) is 0 Å². The fraction of sp³-hybridized carbons (Fsp3) is 0.300. The van der Waals surface area contributed by atoms with Crippen LogP contribution in [0.2, 0.25) is 0 Å². The van der Waals surface area contributed by atoms with E-state index < -0.39 is 0 Å². The highest BCUT2D eigenvalue weighted by molar-refractivity contribution is 5.89. The van der Waals surface area contributed by atoms with Crippen molar-refractivity contribution in [3.8, 4) is 0 Å². The van der Waals surface area contributed by atoms with Crippen molar-refractivity contribution in [2.24, 2.45) is 0 Å². The summed E-state index contributed by atoms with van der Waals surface area (Å²) in [4.78, 5) is 15.2. The number of nitrogens with one attached hydrogen (secondary N) is 2. The highest BCUT2D eigenvalue weighted by atomic mass is 17.1. The van der Waals surface area contributed by atoms with Crippen LogP contribution in [0.15, 0.2) is 24.3 Å². The Morgan fingerprint density at radius 2 is 2.06 bits per heavy atom. The molecule has 6 heteroatoms. The molecule has 3 N–H and O–H groups in total. The molecule has 1 rings (SSSR count). The minimum absolute atomic E-state index is 0.121. The molecule has 16 heavy (non-hydrogen) atoms. The first-order valence-electron chi connectivity index (χ1n) is 4.65. The van der Waals surface area contributed by atoms with Crippen LogP contribution in [0.5, 0.6) is 0 Å². The van der Waals surface area contributed by atoms with Crippen molar-refractivity contribution < 1.29 is 19.7 Å². The smallest absolute Gasteiger partial charge is 0.321 e. The standard InChI is InChI=1S/C10H14N2O4/c1-15-7-11-10(13)12-9-4-2-8(3-5-9)6-16-14/h2-5,14H,6-7H2,1H3,(H2,11,12,13). The molecule has 0 heterocycles. The van der Waals surface area contributed by atoms with E-state index in [0.29, 0.717) is 5.69 Å². The zero-order valence-corrected chi connectivity index (χ0v) is 8.90. The Bertz CT molecular complexity index is 326. The number of benzene rings is 1. The summed E-state index contributed by atoms with van der Waals surface area (Å²) in [6, 6.07) is 6.55. The predicted molar refractivity (Wildman–Crippen MR) is 57.9 cm³/mol. The summed E-state index contributed by atoms with van der Waals surface area (Å²) in [6.07, 6.45) is 0. The maximum Gasteiger partial charge on any atom is 0.321 e. The fourth-order valence-electron chi connectivity index (χ4n) is 1.07. The molecule has 0 atom stereocenters. The molecule has 0 radical (unpaired) electrons. The van der Waals surface area contributed by atoms with E-state index in [-0.39, 0.29) is 19.4 Å². The molecule has 0 aliphatic rings. The Hall–Kier alpha value is -1.63. The second-order valence-corrected chi connectivity index (χ2v) is 3.03. The first-order valence-corrected chi connectivity index (χ1v) is 4.65. The number of carbonyl (C=O) groups is 1. The Labute approximate surface area is 93.1 Å². The summed E-state index contributed by atoms with van der Waals surface area (Å²) in [5.41, 5.74) is 1.46. The number of methoxy groups -OCH3 is 1. The van der Waals surface area contributed by atoms with Gasteiger partial charge in [0.25, 0.3) is 0 Å². The third-order valence-corrected chi connectivity index (χ3v) is 1.82. The van der Waals surface area contributed by atoms with Gasteiger partial charge in [0.1, 0.15) is 13.3 Å². The second-order valence-electron chi connectivity index (χ2n) is 3.03. The van der Waals surface area contributed by atoms with Crippen LogP contribution in [-0.4, -0.2) is 25.1 Å². The van der Waals surface area contributed by atoms with Crippen molar-refractivity contribution in [3.63, 3.8) is 0 Å². The molecule has 0 saturated carbocycles. The number of amides is 2. The minimum Gasteiger partial charge on any atom is -0.364 e. The van der Waals surface area contributed by atoms with Crippen LogP contribution in [-0.2, 0) is 16.2 Å². The summed E-state index contributed by atoms with van der Waals surface area (Å²) in [6.45, 7) is 0.276. The molecule has 0 spiro atoms. The topological polar surface area (TPSA) is 79.8 Å². The van der Waals surface area contributed by atoms with Gasteiger partial charge in [-0.25, -0.2) is 9.68 Å². The summed E-state index contributed by atoms with van der Waals surface area (Å²) in [5.74, 6) is 0. The lowest BCUT2D eigenvalue weighted by Gasteiger charge is -2.07. The van der Waals surface area contributed by atoms with E-state index in [4.69, 9.17) is 5.26 Å². The van der Waals surface area contributed by atoms with Gasteiger partial charge >= 0.3 is 6.03 Å². The van der Waals surface area contributed by atoms with Crippen molar-refractivity contribution in [1.82, 2.24) is 5.32 Å². The molecular formula is C10H14N2O4. The molecular weight excluding hydrogens is 212 g/mol. The van der Waals surface area contributed by atoms with E-state index in [2.05, 4.69) is 20.3 Å². The van der Waals surface area contributed by atoms with Crippen molar-refractivity contribution in [3.05, 3.63) is 29.8 Å². The molecule has 0 bridgehead atoms. The Kier molecular flexibility index (Phi) is 5.27. The van der Waals surface area contributed by atoms with E-state index in [1.807, 2.05) is 0 Å². The van der Waals surface area contributed by atoms with E-state index in [1.54, 1.807) is 24.3 Å². The average molecular weight is 226 g/mol. The monoisotopic (exact) mass is 226 g/mol. The van der Waals surface area contributed by atoms with E-state index in [1.165, 1.54) is 7.11 Å². The van der Waals surface area contributed by atoms with Gasteiger partial charge in [-0.2, -0.15) is 0 Å². The quantitative estimate of drug-likeness (QED) is 0.403. The summed E-state index contributed by atoms with van der Waals surface area (Å²) in [7, 11) is 1.49. The molecule has 2 amide bonds. The highest BCUT2D eigenvalue weighted by Crippen LogP contribution is 2.09. The van der Waals surface area contributed by atoms with Crippen LogP contribution in [0.4, 0.5) is 10.5 Å². The Morgan fingerprint density at radius 3 is 2.62 bits per heavy atom. The van der Waals surface area contributed by atoms with E-state index in [0.717, 1.165) is 5.56 Å². The van der Waals surface area contributed by atoms with Gasteiger partial charge < -0.3 is 15.4 Å². The molecule has 88 valence electrons. The van der Waals surface area contributed by atoms with Gasteiger partial charge in [-0.1, -0.05) is 12.1 Å². The van der Waals surface area contributed by atoms with Crippen LogP contribution in [0.3, 0.4) is 0 Å². The van der Waals surface area contributed by atoms with Crippen LogP contribution >= 0.6 is 0 Å². The van der Waals surface area contributed by atoms with Gasteiger partial charge in [0.05, 0.1) is 0 Å². The number of rotatable bonds is 5. The van der Waals surface area contributed by atoms with Gasteiger partial charge in [-0.05, 0) is 17.7 Å². The van der Waals surface area contributed by atoms with Gasteiger partial charge in [-0.15, -0.1) is 0 Å². The molecule has 0 aliphatic heterocycles. The average Bonchev–Trinajstić information content (AvgIpc) is 2.29. The molecule has 0 aliphatic carbocycles. The SMILES string of the molecule is COCNC(=O)Nc1ccc(COO)cc1. The fourth-order valence-corrected chi connectivity index (χ4v) is 1.07. The lowest BCUT2D eigenvalue weighted by atomic mass is 10.2. The Morgan fingerprint density at radius 1 is 1.38 bits per heavy atom. The zero-order chi connectivity index (χ0) is 11.8.